The number of ether oxygens (including phenoxy) is 4. The van der Waals surface area contributed by atoms with Crippen molar-refractivity contribution in [2.75, 3.05) is 26.4 Å². The lowest BCUT2D eigenvalue weighted by molar-refractivity contribution is -0.123. The van der Waals surface area contributed by atoms with E-state index in [1.165, 1.54) is 0 Å². The quantitative estimate of drug-likeness (QED) is 0.578. The van der Waals surface area contributed by atoms with E-state index in [4.69, 9.17) is 18.9 Å². The molecule has 0 radical (unpaired) electrons. The summed E-state index contributed by atoms with van der Waals surface area (Å²) >= 11 is 0. The first-order chi connectivity index (χ1) is 14.5. The number of nitrogens with one attached hydrogen (secondary N) is 2. The van der Waals surface area contributed by atoms with Crippen LogP contribution in [0.1, 0.15) is 36.7 Å². The molecule has 0 fully saturated rings. The minimum atomic E-state index is -0.524. The van der Waals surface area contributed by atoms with Crippen LogP contribution in [-0.2, 0) is 4.79 Å². The molecule has 8 heteroatoms. The largest absolute Gasteiger partial charge is 0.490 e. The van der Waals surface area contributed by atoms with Crippen LogP contribution in [-0.4, -0.2) is 38.2 Å². The summed E-state index contributed by atoms with van der Waals surface area (Å²) in [5, 5.41) is 0. The Morgan fingerprint density at radius 2 is 1.47 bits per heavy atom. The van der Waals surface area contributed by atoms with Gasteiger partial charge in [0.1, 0.15) is 5.75 Å². The Balaban J connectivity index is 2.03. The number of amides is 2. The van der Waals surface area contributed by atoms with E-state index in [9.17, 15) is 9.59 Å². The van der Waals surface area contributed by atoms with Gasteiger partial charge in [-0.3, -0.25) is 20.4 Å². The van der Waals surface area contributed by atoms with Gasteiger partial charge in [-0.25, -0.2) is 0 Å². The predicted octanol–water partition coefficient (Wildman–Crippen LogP) is 3.03. The summed E-state index contributed by atoms with van der Waals surface area (Å²) in [5.74, 6) is 0.780. The molecule has 0 saturated carbocycles. The van der Waals surface area contributed by atoms with Gasteiger partial charge < -0.3 is 18.9 Å². The Kier molecular flexibility index (Phi) is 8.80. The van der Waals surface area contributed by atoms with Gasteiger partial charge in [-0.1, -0.05) is 12.1 Å². The first-order valence-electron chi connectivity index (χ1n) is 9.83. The van der Waals surface area contributed by atoms with Crippen LogP contribution in [0, 0.1) is 6.92 Å². The Labute approximate surface area is 176 Å². The summed E-state index contributed by atoms with van der Waals surface area (Å²) in [6.07, 6.45) is 0. The molecule has 8 nitrogen and oxygen atoms in total. The van der Waals surface area contributed by atoms with Crippen molar-refractivity contribution >= 4 is 11.8 Å². The lowest BCUT2D eigenvalue weighted by atomic mass is 10.1. The summed E-state index contributed by atoms with van der Waals surface area (Å²) < 4.78 is 22.2. The second kappa shape index (κ2) is 11.5. The minimum absolute atomic E-state index is 0.235. The Morgan fingerprint density at radius 1 is 0.833 bits per heavy atom. The van der Waals surface area contributed by atoms with Crippen LogP contribution in [0.15, 0.2) is 36.4 Å². The minimum Gasteiger partial charge on any atom is -0.490 e. The van der Waals surface area contributed by atoms with Crippen molar-refractivity contribution in [2.24, 2.45) is 0 Å². The first-order valence-corrected chi connectivity index (χ1v) is 9.83. The zero-order chi connectivity index (χ0) is 21.9. The number of carbonyl (C=O) groups is 2. The van der Waals surface area contributed by atoms with E-state index >= 15 is 0 Å². The van der Waals surface area contributed by atoms with Gasteiger partial charge in [-0.2, -0.15) is 0 Å². The molecular formula is C22H28N2O6. The average molecular weight is 416 g/mol. The molecule has 0 saturated heterocycles. The van der Waals surface area contributed by atoms with E-state index in [2.05, 4.69) is 10.9 Å². The van der Waals surface area contributed by atoms with Crippen molar-refractivity contribution in [3.8, 4) is 23.0 Å². The second-order valence-corrected chi connectivity index (χ2v) is 6.21. The highest BCUT2D eigenvalue weighted by Crippen LogP contribution is 2.39. The van der Waals surface area contributed by atoms with Gasteiger partial charge in [-0.05, 0) is 57.5 Å². The highest BCUT2D eigenvalue weighted by atomic mass is 16.5. The monoisotopic (exact) mass is 416 g/mol. The van der Waals surface area contributed by atoms with Crippen molar-refractivity contribution in [2.45, 2.75) is 27.7 Å². The fourth-order valence-corrected chi connectivity index (χ4v) is 2.61. The van der Waals surface area contributed by atoms with Crippen molar-refractivity contribution < 1.29 is 28.5 Å². The fraction of sp³-hybridized carbons (Fsp3) is 0.364. The molecule has 0 atom stereocenters. The molecule has 0 aliphatic carbocycles. The van der Waals surface area contributed by atoms with Gasteiger partial charge in [0.2, 0.25) is 5.75 Å². The van der Waals surface area contributed by atoms with Gasteiger partial charge in [-0.15, -0.1) is 0 Å². The van der Waals surface area contributed by atoms with Crippen LogP contribution in [0.5, 0.6) is 23.0 Å². The number of rotatable bonds is 10. The lowest BCUT2D eigenvalue weighted by Crippen LogP contribution is -2.43. The molecule has 162 valence electrons. The van der Waals surface area contributed by atoms with Gasteiger partial charge >= 0.3 is 0 Å². The zero-order valence-corrected chi connectivity index (χ0v) is 17.7. The molecule has 2 N–H and O–H groups in total. The third-order valence-corrected chi connectivity index (χ3v) is 3.85. The van der Waals surface area contributed by atoms with Gasteiger partial charge in [0.15, 0.2) is 18.1 Å². The standard InChI is InChI=1S/C22H28N2O6/c1-5-27-18-12-16(13-19(28-6-2)21(18)29-7-3)22(26)24-23-20(25)14-30-17-10-8-9-15(4)11-17/h8-13H,5-7,14H2,1-4H3,(H,23,25)(H,24,26). The Morgan fingerprint density at radius 3 is 2.03 bits per heavy atom. The lowest BCUT2D eigenvalue weighted by Gasteiger charge is -2.17. The van der Waals surface area contributed by atoms with Crippen molar-refractivity contribution in [1.82, 2.24) is 10.9 Å². The van der Waals surface area contributed by atoms with Crippen molar-refractivity contribution in [3.05, 3.63) is 47.5 Å². The van der Waals surface area contributed by atoms with Crippen LogP contribution in [0.2, 0.25) is 0 Å². The maximum Gasteiger partial charge on any atom is 0.276 e. The number of hydrogen-bond acceptors (Lipinski definition) is 6. The van der Waals surface area contributed by atoms with Gasteiger partial charge in [0.05, 0.1) is 19.8 Å². The van der Waals surface area contributed by atoms with Crippen LogP contribution < -0.4 is 29.8 Å². The molecule has 0 unspecified atom stereocenters. The second-order valence-electron chi connectivity index (χ2n) is 6.21. The topological polar surface area (TPSA) is 95.1 Å². The zero-order valence-electron chi connectivity index (χ0n) is 17.7. The van der Waals surface area contributed by atoms with Crippen LogP contribution in [0.3, 0.4) is 0 Å². The summed E-state index contributed by atoms with van der Waals surface area (Å²) in [6.45, 7) is 8.41. The molecule has 2 aromatic carbocycles. The van der Waals surface area contributed by atoms with E-state index < -0.39 is 11.8 Å². The highest BCUT2D eigenvalue weighted by molar-refractivity contribution is 5.96. The summed E-state index contributed by atoms with van der Waals surface area (Å²) in [6, 6.07) is 10.4. The van der Waals surface area contributed by atoms with Crippen LogP contribution >= 0.6 is 0 Å². The molecule has 0 aromatic heterocycles. The van der Waals surface area contributed by atoms with E-state index in [0.29, 0.717) is 42.8 Å². The summed E-state index contributed by atoms with van der Waals surface area (Å²) in [4.78, 5) is 24.5. The average Bonchev–Trinajstić information content (AvgIpc) is 2.73. The number of aryl methyl sites for hydroxylation is 1. The van der Waals surface area contributed by atoms with E-state index in [1.807, 2.05) is 45.9 Å². The van der Waals surface area contributed by atoms with Crippen LogP contribution in [0.4, 0.5) is 0 Å². The maximum atomic E-state index is 12.5. The first kappa shape index (κ1) is 22.9. The molecule has 0 spiro atoms. The van der Waals surface area contributed by atoms with Crippen molar-refractivity contribution in [1.29, 1.82) is 0 Å². The molecule has 0 aliphatic rings. The highest BCUT2D eigenvalue weighted by Gasteiger charge is 2.18. The van der Waals surface area contributed by atoms with Gasteiger partial charge in [0.25, 0.3) is 11.8 Å². The number of hydrazine groups is 1. The number of hydrogen-bond donors (Lipinski definition) is 2. The summed E-state index contributed by atoms with van der Waals surface area (Å²) in [5.41, 5.74) is 5.97. The number of carbonyl (C=O) groups excluding carboxylic acids is 2. The molecule has 30 heavy (non-hydrogen) atoms. The molecule has 2 rings (SSSR count). The normalized spacial score (nSPS) is 10.1. The Bertz CT molecular complexity index is 841. The molecule has 2 aromatic rings. The molecule has 2 amide bonds. The molecule has 0 heterocycles. The third kappa shape index (κ3) is 6.58. The maximum absolute atomic E-state index is 12.5. The number of benzene rings is 2. The van der Waals surface area contributed by atoms with Gasteiger partial charge in [0, 0.05) is 5.56 Å². The Hall–Kier alpha value is -3.42. The molecular weight excluding hydrogens is 388 g/mol. The summed E-state index contributed by atoms with van der Waals surface area (Å²) in [7, 11) is 0. The smallest absolute Gasteiger partial charge is 0.276 e. The van der Waals surface area contributed by atoms with Crippen LogP contribution in [0.25, 0.3) is 0 Å². The SMILES string of the molecule is CCOc1cc(C(=O)NNC(=O)COc2cccc(C)c2)cc(OCC)c1OCC. The third-order valence-electron chi connectivity index (χ3n) is 3.85. The van der Waals surface area contributed by atoms with E-state index in [1.54, 1.807) is 18.2 Å². The fourth-order valence-electron chi connectivity index (χ4n) is 2.61. The van der Waals surface area contributed by atoms with E-state index in [-0.39, 0.29) is 12.2 Å². The predicted molar refractivity (Wildman–Crippen MR) is 112 cm³/mol. The molecule has 0 bridgehead atoms. The van der Waals surface area contributed by atoms with Crippen molar-refractivity contribution in [3.63, 3.8) is 0 Å². The van der Waals surface area contributed by atoms with E-state index in [0.717, 1.165) is 5.56 Å². The molecule has 0 aliphatic heterocycles.